The third-order valence-corrected chi connectivity index (χ3v) is 2.05. The van der Waals surface area contributed by atoms with Crippen LogP contribution in [0.4, 0.5) is 0 Å². The Labute approximate surface area is 87.8 Å². The number of hydrogen-bond acceptors (Lipinski definition) is 3. The minimum Gasteiger partial charge on any atom is -0.504 e. The summed E-state index contributed by atoms with van der Waals surface area (Å²) in [5.41, 5.74) is 5.94. The van der Waals surface area contributed by atoms with Gasteiger partial charge in [-0.2, -0.15) is 0 Å². The van der Waals surface area contributed by atoms with E-state index in [1.54, 1.807) is 24.3 Å². The van der Waals surface area contributed by atoms with Crippen molar-refractivity contribution in [3.05, 3.63) is 28.8 Å². The Bertz CT molecular complexity index is 350. The van der Waals surface area contributed by atoms with Crippen molar-refractivity contribution >= 4 is 17.7 Å². The summed E-state index contributed by atoms with van der Waals surface area (Å²) in [6.45, 7) is 0.421. The van der Waals surface area contributed by atoms with Crippen LogP contribution in [0.15, 0.2) is 18.2 Å². The van der Waals surface area contributed by atoms with E-state index in [2.05, 4.69) is 0 Å². The fourth-order valence-electron chi connectivity index (χ4n) is 1.09. The summed E-state index contributed by atoms with van der Waals surface area (Å²) in [5.74, 6) is 0.315. The van der Waals surface area contributed by atoms with E-state index in [4.69, 9.17) is 22.1 Å². The van der Waals surface area contributed by atoms with Crippen molar-refractivity contribution in [2.45, 2.75) is 0 Å². The predicted octanol–water partition coefficient (Wildman–Crippen LogP) is 2.03. The lowest BCUT2D eigenvalue weighted by Crippen LogP contribution is -1.92. The van der Waals surface area contributed by atoms with Crippen LogP contribution in [-0.2, 0) is 0 Å². The summed E-state index contributed by atoms with van der Waals surface area (Å²) in [6, 6.07) is 3.36. The van der Waals surface area contributed by atoms with Crippen molar-refractivity contribution in [2.75, 3.05) is 13.7 Å². The van der Waals surface area contributed by atoms with Crippen molar-refractivity contribution in [3.63, 3.8) is 0 Å². The first kappa shape index (κ1) is 10.9. The fraction of sp³-hybridized carbons (Fsp3) is 0.200. The molecule has 0 radical (unpaired) electrons. The Morgan fingerprint density at radius 3 is 2.86 bits per heavy atom. The lowest BCUT2D eigenvalue weighted by Gasteiger charge is -2.07. The molecule has 0 aromatic heterocycles. The maximum absolute atomic E-state index is 9.69. The van der Waals surface area contributed by atoms with Gasteiger partial charge in [-0.05, 0) is 12.1 Å². The smallest absolute Gasteiger partial charge is 0.179 e. The number of nitrogens with two attached hydrogens (primary N) is 1. The van der Waals surface area contributed by atoms with Gasteiger partial charge in [0, 0.05) is 12.1 Å². The molecular formula is C10H12ClNO2. The highest BCUT2D eigenvalue weighted by molar-refractivity contribution is 6.32. The van der Waals surface area contributed by atoms with E-state index in [0.717, 1.165) is 0 Å². The molecule has 1 aromatic rings. The maximum Gasteiger partial charge on any atom is 0.179 e. The molecule has 1 rings (SSSR count). The van der Waals surface area contributed by atoms with Crippen molar-refractivity contribution in [3.8, 4) is 11.5 Å². The van der Waals surface area contributed by atoms with Gasteiger partial charge in [0.05, 0.1) is 12.1 Å². The molecule has 0 saturated carbocycles. The molecule has 1 aromatic carbocycles. The zero-order chi connectivity index (χ0) is 10.6. The molecule has 0 heterocycles. The molecular weight excluding hydrogens is 202 g/mol. The quantitative estimate of drug-likeness (QED) is 0.808. The number of benzene rings is 1. The first-order chi connectivity index (χ1) is 6.70. The topological polar surface area (TPSA) is 55.5 Å². The average Bonchev–Trinajstić information content (AvgIpc) is 2.18. The molecule has 0 aliphatic carbocycles. The second-order valence-electron chi connectivity index (χ2n) is 2.66. The van der Waals surface area contributed by atoms with E-state index in [1.807, 2.05) is 0 Å². The van der Waals surface area contributed by atoms with Crippen LogP contribution in [0, 0.1) is 0 Å². The number of phenols is 1. The molecule has 3 nitrogen and oxygen atoms in total. The summed E-state index contributed by atoms with van der Waals surface area (Å²) < 4.78 is 4.95. The number of phenolic OH excluding ortho intramolecular Hbond substituents is 1. The molecule has 0 unspecified atom stereocenters. The molecule has 0 bridgehead atoms. The molecule has 0 atom stereocenters. The largest absolute Gasteiger partial charge is 0.504 e. The van der Waals surface area contributed by atoms with Crippen molar-refractivity contribution in [1.29, 1.82) is 0 Å². The molecule has 3 N–H and O–H groups in total. The van der Waals surface area contributed by atoms with Crippen LogP contribution in [0.1, 0.15) is 5.56 Å². The van der Waals surface area contributed by atoms with Crippen LogP contribution < -0.4 is 10.5 Å². The van der Waals surface area contributed by atoms with E-state index >= 15 is 0 Å². The number of aromatic hydroxyl groups is 1. The second-order valence-corrected chi connectivity index (χ2v) is 3.06. The number of methoxy groups -OCH3 is 1. The van der Waals surface area contributed by atoms with E-state index in [-0.39, 0.29) is 11.5 Å². The summed E-state index contributed by atoms with van der Waals surface area (Å²) >= 11 is 5.80. The minimum atomic E-state index is 0.0321. The summed E-state index contributed by atoms with van der Waals surface area (Å²) in [5, 5.41) is 10.1. The highest BCUT2D eigenvalue weighted by atomic mass is 35.5. The maximum atomic E-state index is 9.69. The molecule has 0 saturated heterocycles. The van der Waals surface area contributed by atoms with Crippen LogP contribution in [0.25, 0.3) is 6.08 Å². The Hall–Kier alpha value is -1.19. The molecule has 0 amide bonds. The van der Waals surface area contributed by atoms with Gasteiger partial charge in [-0.25, -0.2) is 0 Å². The lowest BCUT2D eigenvalue weighted by atomic mass is 10.1. The van der Waals surface area contributed by atoms with E-state index < -0.39 is 0 Å². The third kappa shape index (κ3) is 2.19. The highest BCUT2D eigenvalue weighted by Crippen LogP contribution is 2.37. The minimum absolute atomic E-state index is 0.0321. The second kappa shape index (κ2) is 4.88. The van der Waals surface area contributed by atoms with Crippen LogP contribution in [0.5, 0.6) is 11.5 Å². The summed E-state index contributed by atoms with van der Waals surface area (Å²) in [6.07, 6.45) is 3.45. The number of rotatable bonds is 3. The molecule has 4 heteroatoms. The van der Waals surface area contributed by atoms with Crippen LogP contribution in [-0.4, -0.2) is 18.8 Å². The Kier molecular flexibility index (Phi) is 3.80. The number of ether oxygens (including phenoxy) is 1. The molecule has 0 spiro atoms. The highest BCUT2D eigenvalue weighted by Gasteiger charge is 2.09. The van der Waals surface area contributed by atoms with E-state index in [9.17, 15) is 5.11 Å². The van der Waals surface area contributed by atoms with Gasteiger partial charge in [0.1, 0.15) is 0 Å². The van der Waals surface area contributed by atoms with Gasteiger partial charge in [-0.1, -0.05) is 23.8 Å². The zero-order valence-electron chi connectivity index (χ0n) is 7.83. The lowest BCUT2D eigenvalue weighted by molar-refractivity contribution is 0.373. The van der Waals surface area contributed by atoms with Gasteiger partial charge in [0.15, 0.2) is 11.5 Å². The molecule has 0 fully saturated rings. The van der Waals surface area contributed by atoms with Gasteiger partial charge in [-0.15, -0.1) is 0 Å². The van der Waals surface area contributed by atoms with Crippen molar-refractivity contribution in [2.24, 2.45) is 5.73 Å². The summed E-state index contributed by atoms with van der Waals surface area (Å²) in [7, 11) is 1.46. The Morgan fingerprint density at radius 1 is 1.57 bits per heavy atom. The van der Waals surface area contributed by atoms with Gasteiger partial charge >= 0.3 is 0 Å². The van der Waals surface area contributed by atoms with E-state index in [1.165, 1.54) is 7.11 Å². The third-order valence-electron chi connectivity index (χ3n) is 1.75. The SMILES string of the molecule is COc1c(Cl)ccc(/C=C/CN)c1O. The fourth-order valence-corrected chi connectivity index (χ4v) is 1.32. The molecule has 76 valence electrons. The first-order valence-corrected chi connectivity index (χ1v) is 4.50. The van der Waals surface area contributed by atoms with Crippen LogP contribution >= 0.6 is 11.6 Å². The normalized spacial score (nSPS) is 10.8. The van der Waals surface area contributed by atoms with Crippen LogP contribution in [0.3, 0.4) is 0 Å². The molecule has 0 aliphatic heterocycles. The molecule has 14 heavy (non-hydrogen) atoms. The first-order valence-electron chi connectivity index (χ1n) is 4.12. The monoisotopic (exact) mass is 213 g/mol. The van der Waals surface area contributed by atoms with Gasteiger partial charge in [0.2, 0.25) is 0 Å². The number of hydrogen-bond donors (Lipinski definition) is 2. The van der Waals surface area contributed by atoms with Gasteiger partial charge in [-0.3, -0.25) is 0 Å². The van der Waals surface area contributed by atoms with Gasteiger partial charge in [0.25, 0.3) is 0 Å². The standard InChI is InChI=1S/C10H12ClNO2/c1-14-10-8(11)5-4-7(9(10)13)3-2-6-12/h2-5,13H,6,12H2,1H3/b3-2+. The zero-order valence-corrected chi connectivity index (χ0v) is 8.58. The van der Waals surface area contributed by atoms with E-state index in [0.29, 0.717) is 17.1 Å². The predicted molar refractivity (Wildman–Crippen MR) is 57.8 cm³/mol. The Balaban J connectivity index is 3.14. The summed E-state index contributed by atoms with van der Waals surface area (Å²) in [4.78, 5) is 0. The Morgan fingerprint density at radius 2 is 2.29 bits per heavy atom. The average molecular weight is 214 g/mol. The van der Waals surface area contributed by atoms with Crippen molar-refractivity contribution in [1.82, 2.24) is 0 Å². The number of halogens is 1. The van der Waals surface area contributed by atoms with Gasteiger partial charge < -0.3 is 15.6 Å². The van der Waals surface area contributed by atoms with Crippen LogP contribution in [0.2, 0.25) is 5.02 Å². The molecule has 0 aliphatic rings. The van der Waals surface area contributed by atoms with Crippen molar-refractivity contribution < 1.29 is 9.84 Å².